The Balaban J connectivity index is 2.19. The quantitative estimate of drug-likeness (QED) is 0.151. The number of H-pyrrole nitrogens is 1. The predicted octanol–water partition coefficient (Wildman–Crippen LogP) is -0.0279. The van der Waals surface area contributed by atoms with E-state index in [1.54, 1.807) is 37.3 Å². The highest BCUT2D eigenvalue weighted by molar-refractivity contribution is 5.94. The second-order valence-electron chi connectivity index (χ2n) is 9.34. The van der Waals surface area contributed by atoms with Gasteiger partial charge in [-0.1, -0.05) is 50.6 Å². The summed E-state index contributed by atoms with van der Waals surface area (Å²) in [5.74, 6) is -4.80. The van der Waals surface area contributed by atoms with Crippen molar-refractivity contribution in [1.82, 2.24) is 25.9 Å². The molecule has 0 bridgehead atoms. The lowest BCUT2D eigenvalue weighted by atomic mass is 9.96. The summed E-state index contributed by atoms with van der Waals surface area (Å²) < 4.78 is 0. The molecule has 0 radical (unpaired) electrons. The Bertz CT molecular complexity index is 1110. The smallest absolute Gasteiger partial charge is 0.326 e. The van der Waals surface area contributed by atoms with E-state index in [-0.39, 0.29) is 31.6 Å². The molecule has 1 aromatic carbocycles. The average molecular weight is 545 g/mol. The molecule has 3 amide bonds. The molecule has 0 saturated heterocycles. The van der Waals surface area contributed by atoms with Crippen molar-refractivity contribution in [3.05, 3.63) is 54.1 Å². The van der Waals surface area contributed by atoms with E-state index in [1.165, 1.54) is 12.5 Å². The Kier molecular flexibility index (Phi) is 12.1. The van der Waals surface area contributed by atoms with E-state index in [0.29, 0.717) is 12.1 Å². The van der Waals surface area contributed by atoms with Crippen molar-refractivity contribution in [3.63, 3.8) is 0 Å². The molecule has 212 valence electrons. The van der Waals surface area contributed by atoms with E-state index < -0.39 is 53.8 Å². The number of nitrogens with two attached hydrogens (primary N) is 1. The van der Waals surface area contributed by atoms with Crippen LogP contribution >= 0.6 is 0 Å². The third-order valence-corrected chi connectivity index (χ3v) is 6.31. The fraction of sp³-hybridized carbons (Fsp3) is 0.462. The lowest BCUT2D eigenvalue weighted by molar-refractivity contribution is -0.142. The number of carbonyl (C=O) groups is 5. The Morgan fingerprint density at radius 2 is 1.62 bits per heavy atom. The first-order chi connectivity index (χ1) is 18.5. The topological polar surface area (TPSA) is 217 Å². The summed E-state index contributed by atoms with van der Waals surface area (Å²) in [4.78, 5) is 68.7. The van der Waals surface area contributed by atoms with E-state index in [1.807, 2.05) is 6.92 Å². The Hall–Kier alpha value is -4.26. The largest absolute Gasteiger partial charge is 0.481 e. The van der Waals surface area contributed by atoms with Gasteiger partial charge in [-0.05, 0) is 17.9 Å². The molecule has 0 spiro atoms. The molecule has 2 aromatic rings. The van der Waals surface area contributed by atoms with Gasteiger partial charge in [0.25, 0.3) is 0 Å². The fourth-order valence-corrected chi connectivity index (χ4v) is 3.78. The fourth-order valence-electron chi connectivity index (χ4n) is 3.78. The molecule has 13 heteroatoms. The Labute approximate surface area is 226 Å². The standard InChI is InChI=1S/C26H36N6O7/c1-3-15(2)22(25(37)31-20(26(38)39)11-16-7-5-4-6-8-16)32-24(36)19(12-17-13-28-14-29-17)30-23(35)18(27)9-10-21(33)34/h4-8,13-15,18-20,22H,3,9-12,27H2,1-2H3,(H,28,29)(H,30,35)(H,31,37)(H,32,36)(H,33,34)(H,38,39). The van der Waals surface area contributed by atoms with Gasteiger partial charge in [0.15, 0.2) is 0 Å². The number of benzene rings is 1. The van der Waals surface area contributed by atoms with Gasteiger partial charge in [-0.15, -0.1) is 0 Å². The van der Waals surface area contributed by atoms with Gasteiger partial charge in [-0.25, -0.2) is 9.78 Å². The first-order valence-electron chi connectivity index (χ1n) is 12.6. The number of rotatable bonds is 16. The summed E-state index contributed by atoms with van der Waals surface area (Å²) in [5.41, 5.74) is 7.05. The van der Waals surface area contributed by atoms with E-state index in [2.05, 4.69) is 25.9 Å². The number of carbonyl (C=O) groups excluding carboxylic acids is 3. The van der Waals surface area contributed by atoms with Crippen molar-refractivity contribution < 1.29 is 34.2 Å². The van der Waals surface area contributed by atoms with Crippen molar-refractivity contribution in [3.8, 4) is 0 Å². The van der Waals surface area contributed by atoms with Gasteiger partial charge in [0.1, 0.15) is 18.1 Å². The number of aromatic amines is 1. The van der Waals surface area contributed by atoms with Gasteiger partial charge in [-0.3, -0.25) is 19.2 Å². The highest BCUT2D eigenvalue weighted by Crippen LogP contribution is 2.11. The van der Waals surface area contributed by atoms with Crippen molar-refractivity contribution >= 4 is 29.7 Å². The van der Waals surface area contributed by atoms with Gasteiger partial charge < -0.3 is 36.9 Å². The predicted molar refractivity (Wildman–Crippen MR) is 140 cm³/mol. The molecule has 0 aliphatic rings. The first kappa shape index (κ1) is 31.0. The van der Waals surface area contributed by atoms with E-state index in [9.17, 15) is 29.1 Å². The second kappa shape index (κ2) is 15.2. The molecule has 5 unspecified atom stereocenters. The monoisotopic (exact) mass is 544 g/mol. The second-order valence-corrected chi connectivity index (χ2v) is 9.34. The molecule has 8 N–H and O–H groups in total. The molecular formula is C26H36N6O7. The van der Waals surface area contributed by atoms with Crippen LogP contribution in [-0.4, -0.2) is 74.0 Å². The Morgan fingerprint density at radius 1 is 0.949 bits per heavy atom. The van der Waals surface area contributed by atoms with Crippen LogP contribution in [0.5, 0.6) is 0 Å². The summed E-state index contributed by atoms with van der Waals surface area (Å²) in [6, 6.07) is 4.16. The number of imidazole rings is 1. The molecule has 2 rings (SSSR count). The van der Waals surface area contributed by atoms with Crippen molar-refractivity contribution in [2.24, 2.45) is 11.7 Å². The molecule has 5 atom stereocenters. The Morgan fingerprint density at radius 3 is 2.18 bits per heavy atom. The lowest BCUT2D eigenvalue weighted by Gasteiger charge is -2.28. The molecule has 1 aromatic heterocycles. The van der Waals surface area contributed by atoms with Crippen LogP contribution in [0.15, 0.2) is 42.9 Å². The number of carboxylic acids is 2. The van der Waals surface area contributed by atoms with Crippen LogP contribution in [0, 0.1) is 5.92 Å². The third-order valence-electron chi connectivity index (χ3n) is 6.31. The average Bonchev–Trinajstić information content (AvgIpc) is 3.42. The van der Waals surface area contributed by atoms with Crippen LogP contribution in [0.1, 0.15) is 44.4 Å². The van der Waals surface area contributed by atoms with Gasteiger partial charge in [0.05, 0.1) is 12.4 Å². The third kappa shape index (κ3) is 10.2. The number of carboxylic acid groups (broad SMARTS) is 2. The van der Waals surface area contributed by atoms with E-state index in [0.717, 1.165) is 5.56 Å². The summed E-state index contributed by atoms with van der Waals surface area (Å²) in [6.45, 7) is 3.56. The number of hydrogen-bond acceptors (Lipinski definition) is 7. The minimum Gasteiger partial charge on any atom is -0.481 e. The van der Waals surface area contributed by atoms with Gasteiger partial charge in [-0.2, -0.15) is 0 Å². The number of nitrogens with one attached hydrogen (secondary N) is 4. The highest BCUT2D eigenvalue weighted by Gasteiger charge is 2.33. The van der Waals surface area contributed by atoms with Crippen molar-refractivity contribution in [1.29, 1.82) is 0 Å². The maximum Gasteiger partial charge on any atom is 0.326 e. The van der Waals surface area contributed by atoms with Crippen LogP contribution < -0.4 is 21.7 Å². The maximum absolute atomic E-state index is 13.3. The first-order valence-corrected chi connectivity index (χ1v) is 12.6. The number of aliphatic carboxylic acids is 2. The number of nitrogens with zero attached hydrogens (tertiary/aromatic N) is 1. The normalized spacial score (nSPS) is 14.7. The molecule has 0 aliphatic carbocycles. The van der Waals surface area contributed by atoms with Gasteiger partial charge >= 0.3 is 11.9 Å². The van der Waals surface area contributed by atoms with Crippen LogP contribution in [0.3, 0.4) is 0 Å². The van der Waals surface area contributed by atoms with Crippen molar-refractivity contribution in [2.45, 2.75) is 70.1 Å². The number of hydrogen-bond donors (Lipinski definition) is 7. The zero-order valence-corrected chi connectivity index (χ0v) is 21.9. The molecule has 1 heterocycles. The van der Waals surface area contributed by atoms with Crippen molar-refractivity contribution in [2.75, 3.05) is 0 Å². The highest BCUT2D eigenvalue weighted by atomic mass is 16.4. The maximum atomic E-state index is 13.3. The molecule has 0 fully saturated rings. The molecule has 0 saturated carbocycles. The van der Waals surface area contributed by atoms with Gasteiger partial charge in [0.2, 0.25) is 17.7 Å². The number of aromatic nitrogens is 2. The van der Waals surface area contributed by atoms with Crippen LogP contribution in [0.25, 0.3) is 0 Å². The SMILES string of the molecule is CCC(C)C(NC(=O)C(Cc1cnc[nH]1)NC(=O)C(N)CCC(=O)O)C(=O)NC(Cc1ccccc1)C(=O)O. The molecular weight excluding hydrogens is 508 g/mol. The molecule has 13 nitrogen and oxygen atoms in total. The summed E-state index contributed by atoms with van der Waals surface area (Å²) in [5, 5.41) is 26.3. The zero-order valence-electron chi connectivity index (χ0n) is 21.9. The van der Waals surface area contributed by atoms with Crippen LogP contribution in [0.4, 0.5) is 0 Å². The summed E-state index contributed by atoms with van der Waals surface area (Å²) in [7, 11) is 0. The molecule has 39 heavy (non-hydrogen) atoms. The zero-order chi connectivity index (χ0) is 28.9. The summed E-state index contributed by atoms with van der Waals surface area (Å²) in [6.07, 6.45) is 2.95. The van der Waals surface area contributed by atoms with E-state index >= 15 is 0 Å². The van der Waals surface area contributed by atoms with Crippen LogP contribution in [-0.2, 0) is 36.8 Å². The molecule has 0 aliphatic heterocycles. The summed E-state index contributed by atoms with van der Waals surface area (Å²) >= 11 is 0. The minimum atomic E-state index is -1.23. The van der Waals surface area contributed by atoms with Gasteiger partial charge in [0, 0.05) is 31.2 Å². The van der Waals surface area contributed by atoms with Crippen LogP contribution in [0.2, 0.25) is 0 Å². The number of amides is 3. The van der Waals surface area contributed by atoms with E-state index in [4.69, 9.17) is 10.8 Å². The lowest BCUT2D eigenvalue weighted by Crippen LogP contribution is -2.59. The minimum absolute atomic E-state index is 0.0101.